The number of halogens is 5. The Labute approximate surface area is 293 Å². The fraction of sp³-hybridized carbons (Fsp3) is 0.0227. The van der Waals surface area contributed by atoms with Crippen molar-refractivity contribution in [1.82, 2.24) is 9.13 Å². The summed E-state index contributed by atoms with van der Waals surface area (Å²) in [5, 5.41) is 13.2. The summed E-state index contributed by atoms with van der Waals surface area (Å²) in [6.45, 7) is 0. The number of nitriles is 1. The molecule has 0 atom stereocenters. The lowest BCUT2D eigenvalue weighted by Crippen LogP contribution is -2.07. The van der Waals surface area contributed by atoms with Crippen molar-refractivity contribution in [2.45, 2.75) is 6.18 Å². The average molecular weight is 690 g/mol. The summed E-state index contributed by atoms with van der Waals surface area (Å²) in [6, 6.07) is 42.9. The van der Waals surface area contributed by atoms with Gasteiger partial charge in [0.05, 0.1) is 45.0 Å². The van der Waals surface area contributed by atoms with Crippen molar-refractivity contribution in [3.8, 4) is 39.7 Å². The topological polar surface area (TPSA) is 33.6 Å². The van der Waals surface area contributed by atoms with E-state index in [1.165, 1.54) is 24.3 Å². The standard InChI is InChI=1S/C44H24F5N3/c45-31-19-29(20-32(46)24-31)37-17-26(25-50)13-15-42(37)52-41-12-6-3-9-36(41)38-22-27(14-16-43(38)52)28-18-30(44(47,48)49)23-33(21-28)51-39-10-4-1-7-34(39)35-8-2-5-11-40(35)51/h1-24H. The van der Waals surface area contributed by atoms with Crippen LogP contribution in [0.2, 0.25) is 0 Å². The molecule has 0 aliphatic rings. The van der Waals surface area contributed by atoms with Gasteiger partial charge in [-0.25, -0.2) is 8.78 Å². The number of hydrogen-bond acceptors (Lipinski definition) is 1. The van der Waals surface area contributed by atoms with Crippen molar-refractivity contribution in [3.63, 3.8) is 0 Å². The second-order valence-corrected chi connectivity index (χ2v) is 12.7. The van der Waals surface area contributed by atoms with Crippen molar-refractivity contribution in [2.24, 2.45) is 0 Å². The average Bonchev–Trinajstić information content (AvgIpc) is 3.66. The maximum atomic E-state index is 14.6. The third-order valence-corrected chi connectivity index (χ3v) is 9.63. The maximum Gasteiger partial charge on any atom is 0.416 e. The third kappa shape index (κ3) is 5.01. The molecule has 2 heterocycles. The van der Waals surface area contributed by atoms with Crippen molar-refractivity contribution in [2.75, 3.05) is 0 Å². The second-order valence-electron chi connectivity index (χ2n) is 12.7. The molecule has 0 spiro atoms. The first-order valence-electron chi connectivity index (χ1n) is 16.4. The quantitative estimate of drug-likeness (QED) is 0.169. The molecule has 0 unspecified atom stereocenters. The number of alkyl halides is 3. The Morgan fingerprint density at radius 1 is 0.481 bits per heavy atom. The molecular formula is C44H24F5N3. The molecule has 9 aromatic rings. The molecular weight excluding hydrogens is 665 g/mol. The Bertz CT molecular complexity index is 2870. The van der Waals surface area contributed by atoms with E-state index in [0.717, 1.165) is 49.7 Å². The monoisotopic (exact) mass is 689 g/mol. The lowest BCUT2D eigenvalue weighted by Gasteiger charge is -2.16. The minimum absolute atomic E-state index is 0.258. The molecule has 9 rings (SSSR count). The van der Waals surface area contributed by atoms with Gasteiger partial charge in [0.15, 0.2) is 0 Å². The van der Waals surface area contributed by atoms with E-state index in [4.69, 9.17) is 0 Å². The molecule has 3 nitrogen and oxygen atoms in total. The van der Waals surface area contributed by atoms with E-state index < -0.39 is 23.4 Å². The number of nitrogens with zero attached hydrogens (tertiary/aromatic N) is 3. The van der Waals surface area contributed by atoms with Gasteiger partial charge in [-0.2, -0.15) is 18.4 Å². The minimum atomic E-state index is -4.61. The highest BCUT2D eigenvalue weighted by Crippen LogP contribution is 2.41. The molecule has 250 valence electrons. The summed E-state index contributed by atoms with van der Waals surface area (Å²) in [4.78, 5) is 0. The van der Waals surface area contributed by atoms with Crippen LogP contribution in [-0.4, -0.2) is 9.13 Å². The summed E-state index contributed by atoms with van der Waals surface area (Å²) < 4.78 is 76.5. The van der Waals surface area contributed by atoms with Crippen molar-refractivity contribution in [3.05, 3.63) is 168 Å². The number of para-hydroxylation sites is 3. The third-order valence-electron chi connectivity index (χ3n) is 9.63. The minimum Gasteiger partial charge on any atom is -0.309 e. The molecule has 0 N–H and O–H groups in total. The van der Waals surface area contributed by atoms with Crippen LogP contribution in [0, 0.1) is 23.0 Å². The lowest BCUT2D eigenvalue weighted by molar-refractivity contribution is -0.137. The highest BCUT2D eigenvalue weighted by atomic mass is 19.4. The highest BCUT2D eigenvalue weighted by Gasteiger charge is 2.32. The SMILES string of the molecule is N#Cc1ccc(-n2c3ccccc3c3cc(-c4cc(-n5c6ccccc6c6ccccc65)cc(C(F)(F)F)c4)ccc32)c(-c2cc(F)cc(F)c2)c1. The first-order chi connectivity index (χ1) is 25.2. The van der Waals surface area contributed by atoms with Crippen molar-refractivity contribution >= 4 is 43.6 Å². The first kappa shape index (κ1) is 31.3. The second kappa shape index (κ2) is 11.7. The van der Waals surface area contributed by atoms with Gasteiger partial charge in [0.1, 0.15) is 11.6 Å². The van der Waals surface area contributed by atoms with Crippen molar-refractivity contribution in [1.29, 1.82) is 5.26 Å². The van der Waals surface area contributed by atoms with Gasteiger partial charge in [0.25, 0.3) is 0 Å². The molecule has 7 aromatic carbocycles. The zero-order chi connectivity index (χ0) is 35.7. The fourth-order valence-electron chi connectivity index (χ4n) is 7.42. The van der Waals surface area contributed by atoms with Gasteiger partial charge in [-0.3, -0.25) is 0 Å². The van der Waals surface area contributed by atoms with Crippen LogP contribution in [0.1, 0.15) is 11.1 Å². The fourth-order valence-corrected chi connectivity index (χ4v) is 7.42. The van der Waals surface area contributed by atoms with Gasteiger partial charge in [-0.1, -0.05) is 60.7 Å². The maximum absolute atomic E-state index is 14.6. The molecule has 8 heteroatoms. The predicted octanol–water partition coefficient (Wildman–Crippen LogP) is 12.4. The van der Waals surface area contributed by atoms with Crippen LogP contribution in [0.5, 0.6) is 0 Å². The zero-order valence-corrected chi connectivity index (χ0v) is 27.1. The molecule has 0 fully saturated rings. The van der Waals surface area contributed by atoms with Gasteiger partial charge in [0.2, 0.25) is 0 Å². The Morgan fingerprint density at radius 3 is 1.67 bits per heavy atom. The predicted molar refractivity (Wildman–Crippen MR) is 196 cm³/mol. The molecule has 0 saturated heterocycles. The highest BCUT2D eigenvalue weighted by molar-refractivity contribution is 6.11. The van der Waals surface area contributed by atoms with Crippen LogP contribution in [0.3, 0.4) is 0 Å². The van der Waals surface area contributed by atoms with Gasteiger partial charge >= 0.3 is 6.18 Å². The van der Waals surface area contributed by atoms with E-state index in [0.29, 0.717) is 33.6 Å². The van der Waals surface area contributed by atoms with Crippen LogP contribution < -0.4 is 0 Å². The molecule has 0 bridgehead atoms. The molecule has 0 amide bonds. The number of rotatable bonds is 4. The Hall–Kier alpha value is -6.72. The molecule has 52 heavy (non-hydrogen) atoms. The Kier molecular flexibility index (Phi) is 7.02. The molecule has 2 aromatic heterocycles. The van der Waals surface area contributed by atoms with E-state index in [1.54, 1.807) is 30.3 Å². The summed E-state index contributed by atoms with van der Waals surface area (Å²) in [7, 11) is 0. The Morgan fingerprint density at radius 2 is 1.06 bits per heavy atom. The van der Waals surface area contributed by atoms with Crippen LogP contribution in [0.4, 0.5) is 22.0 Å². The first-order valence-corrected chi connectivity index (χ1v) is 16.4. The Balaban J connectivity index is 1.29. The van der Waals surface area contributed by atoms with E-state index in [9.17, 15) is 27.2 Å². The van der Waals surface area contributed by atoms with Crippen LogP contribution >= 0.6 is 0 Å². The molecule has 0 aliphatic heterocycles. The van der Waals surface area contributed by atoms with E-state index in [-0.39, 0.29) is 5.56 Å². The zero-order valence-electron chi connectivity index (χ0n) is 27.1. The summed E-state index contributed by atoms with van der Waals surface area (Å²) in [5.41, 5.74) is 5.26. The van der Waals surface area contributed by atoms with E-state index in [2.05, 4.69) is 6.07 Å². The summed E-state index contributed by atoms with van der Waals surface area (Å²) in [6.07, 6.45) is -4.61. The summed E-state index contributed by atoms with van der Waals surface area (Å²) in [5.74, 6) is -1.51. The lowest BCUT2D eigenvalue weighted by atomic mass is 9.99. The molecule has 0 aliphatic carbocycles. The van der Waals surface area contributed by atoms with Gasteiger partial charge in [-0.05, 0) is 95.6 Å². The van der Waals surface area contributed by atoms with Crippen LogP contribution in [0.15, 0.2) is 146 Å². The van der Waals surface area contributed by atoms with Crippen LogP contribution in [0.25, 0.3) is 77.2 Å². The van der Waals surface area contributed by atoms with Crippen LogP contribution in [-0.2, 0) is 6.18 Å². The van der Waals surface area contributed by atoms with E-state index >= 15 is 0 Å². The van der Waals surface area contributed by atoms with E-state index in [1.807, 2.05) is 94.1 Å². The largest absolute Gasteiger partial charge is 0.416 e. The smallest absolute Gasteiger partial charge is 0.309 e. The summed E-state index contributed by atoms with van der Waals surface area (Å²) >= 11 is 0. The molecule has 0 radical (unpaired) electrons. The van der Waals surface area contributed by atoms with Crippen molar-refractivity contribution < 1.29 is 22.0 Å². The number of fused-ring (bicyclic) bond motifs is 6. The van der Waals surface area contributed by atoms with Gasteiger partial charge < -0.3 is 9.13 Å². The molecule has 0 saturated carbocycles. The normalized spacial score (nSPS) is 11.9. The number of aromatic nitrogens is 2. The van der Waals surface area contributed by atoms with Gasteiger partial charge in [-0.15, -0.1) is 0 Å². The number of benzene rings is 7. The number of hydrogen-bond donors (Lipinski definition) is 0. The van der Waals surface area contributed by atoms with Gasteiger partial charge in [0, 0.05) is 38.9 Å².